The van der Waals surface area contributed by atoms with Crippen molar-refractivity contribution in [1.82, 2.24) is 0 Å². The van der Waals surface area contributed by atoms with E-state index in [2.05, 4.69) is 5.32 Å². The van der Waals surface area contributed by atoms with Crippen molar-refractivity contribution in [3.8, 4) is 0 Å². The summed E-state index contributed by atoms with van der Waals surface area (Å²) in [4.78, 5) is 0. The van der Waals surface area contributed by atoms with E-state index >= 15 is 0 Å². The average Bonchev–Trinajstić information content (AvgIpc) is 2.47. The van der Waals surface area contributed by atoms with Crippen LogP contribution in [0.4, 0.5) is 18.9 Å². The summed E-state index contributed by atoms with van der Waals surface area (Å²) in [6, 6.07) is 13.5. The molecule has 1 nitrogen and oxygen atoms in total. The van der Waals surface area contributed by atoms with Crippen LogP contribution >= 0.6 is 11.8 Å². The van der Waals surface area contributed by atoms with Gasteiger partial charge in [0.05, 0.1) is 11.6 Å². The first kappa shape index (κ1) is 14.3. The Morgan fingerprint density at radius 1 is 1.00 bits per heavy atom. The number of halogens is 3. The second-order valence-electron chi connectivity index (χ2n) is 4.95. The van der Waals surface area contributed by atoms with Crippen molar-refractivity contribution in [3.05, 3.63) is 65.2 Å². The van der Waals surface area contributed by atoms with Crippen molar-refractivity contribution >= 4 is 17.4 Å². The standard InChI is InChI=1S/C16H14F3NS/c17-16(18,19)13-7-3-4-8-14(13)20-15-10-21-9-11-5-1-2-6-12(11)15/h1-8,15,20H,9-10H2. The third kappa shape index (κ3) is 3.02. The van der Waals surface area contributed by atoms with E-state index in [9.17, 15) is 13.2 Å². The Morgan fingerprint density at radius 2 is 1.71 bits per heavy atom. The predicted molar refractivity (Wildman–Crippen MR) is 80.4 cm³/mol. The monoisotopic (exact) mass is 309 g/mol. The summed E-state index contributed by atoms with van der Waals surface area (Å²) in [5.74, 6) is 1.68. The molecule has 2 aromatic rings. The molecule has 0 amide bonds. The Labute approximate surface area is 125 Å². The predicted octanol–water partition coefficient (Wildman–Crippen LogP) is 5.11. The number of hydrogen-bond acceptors (Lipinski definition) is 2. The Morgan fingerprint density at radius 3 is 2.52 bits per heavy atom. The molecule has 0 saturated carbocycles. The van der Waals surface area contributed by atoms with Gasteiger partial charge < -0.3 is 5.32 Å². The summed E-state index contributed by atoms with van der Waals surface area (Å²) in [6.45, 7) is 0. The van der Waals surface area contributed by atoms with Gasteiger partial charge in [0.1, 0.15) is 0 Å². The van der Waals surface area contributed by atoms with Crippen LogP contribution in [0.5, 0.6) is 0 Å². The highest BCUT2D eigenvalue weighted by Crippen LogP contribution is 2.38. The molecule has 1 N–H and O–H groups in total. The molecule has 110 valence electrons. The lowest BCUT2D eigenvalue weighted by Crippen LogP contribution is -2.20. The SMILES string of the molecule is FC(F)(F)c1ccccc1NC1CSCc2ccccc21. The van der Waals surface area contributed by atoms with E-state index in [0.717, 1.165) is 23.1 Å². The second kappa shape index (κ2) is 5.64. The fraction of sp³-hybridized carbons (Fsp3) is 0.250. The molecule has 0 saturated heterocycles. The summed E-state index contributed by atoms with van der Waals surface area (Å²) >= 11 is 1.73. The van der Waals surface area contributed by atoms with Crippen LogP contribution in [-0.2, 0) is 11.9 Å². The van der Waals surface area contributed by atoms with Crippen LogP contribution in [-0.4, -0.2) is 5.75 Å². The zero-order valence-electron chi connectivity index (χ0n) is 11.2. The molecule has 1 atom stereocenters. The molecular weight excluding hydrogens is 295 g/mol. The largest absolute Gasteiger partial charge is 0.418 e. The third-order valence-corrected chi connectivity index (χ3v) is 4.62. The molecule has 0 spiro atoms. The van der Waals surface area contributed by atoms with Crippen molar-refractivity contribution in [1.29, 1.82) is 0 Å². The number of rotatable bonds is 2. The normalized spacial score (nSPS) is 18.1. The zero-order valence-corrected chi connectivity index (χ0v) is 12.0. The van der Waals surface area contributed by atoms with Gasteiger partial charge in [0.15, 0.2) is 0 Å². The number of thioether (sulfide) groups is 1. The second-order valence-corrected chi connectivity index (χ2v) is 5.98. The molecule has 5 heteroatoms. The molecule has 0 radical (unpaired) electrons. The molecule has 3 rings (SSSR count). The topological polar surface area (TPSA) is 12.0 Å². The van der Waals surface area contributed by atoms with E-state index in [4.69, 9.17) is 0 Å². The van der Waals surface area contributed by atoms with Gasteiger partial charge in [-0.1, -0.05) is 36.4 Å². The summed E-state index contributed by atoms with van der Waals surface area (Å²) in [6.07, 6.45) is -4.34. The van der Waals surface area contributed by atoms with Crippen molar-refractivity contribution in [2.45, 2.75) is 18.0 Å². The van der Waals surface area contributed by atoms with E-state index < -0.39 is 11.7 Å². The highest BCUT2D eigenvalue weighted by Gasteiger charge is 2.34. The third-order valence-electron chi connectivity index (χ3n) is 3.53. The maximum atomic E-state index is 13.1. The van der Waals surface area contributed by atoms with Crippen LogP contribution < -0.4 is 5.32 Å². The molecule has 0 fully saturated rings. The summed E-state index contributed by atoms with van der Waals surface area (Å²) in [5.41, 5.74) is 1.81. The Kier molecular flexibility index (Phi) is 3.85. The van der Waals surface area contributed by atoms with Crippen LogP contribution in [0, 0.1) is 0 Å². The van der Waals surface area contributed by atoms with Crippen LogP contribution in [0.2, 0.25) is 0 Å². The number of para-hydroxylation sites is 1. The van der Waals surface area contributed by atoms with E-state index in [1.165, 1.54) is 17.7 Å². The molecule has 0 aliphatic carbocycles. The quantitative estimate of drug-likeness (QED) is 0.827. The van der Waals surface area contributed by atoms with Crippen molar-refractivity contribution in [2.75, 3.05) is 11.1 Å². The summed E-state index contributed by atoms with van der Waals surface area (Å²) in [7, 11) is 0. The van der Waals surface area contributed by atoms with Gasteiger partial charge in [0.25, 0.3) is 0 Å². The minimum atomic E-state index is -4.34. The highest BCUT2D eigenvalue weighted by atomic mass is 32.2. The minimum absolute atomic E-state index is 0.0940. The van der Waals surface area contributed by atoms with Crippen LogP contribution in [0.1, 0.15) is 22.7 Å². The molecule has 21 heavy (non-hydrogen) atoms. The van der Waals surface area contributed by atoms with Gasteiger partial charge in [0, 0.05) is 17.2 Å². The summed E-state index contributed by atoms with van der Waals surface area (Å²) in [5, 5.41) is 3.07. The molecule has 2 aromatic carbocycles. The Balaban J connectivity index is 1.92. The molecule has 0 bridgehead atoms. The maximum absolute atomic E-state index is 13.1. The lowest BCUT2D eigenvalue weighted by Gasteiger charge is -2.28. The van der Waals surface area contributed by atoms with E-state index in [-0.39, 0.29) is 11.7 Å². The fourth-order valence-electron chi connectivity index (χ4n) is 2.55. The minimum Gasteiger partial charge on any atom is -0.377 e. The molecular formula is C16H14F3NS. The zero-order chi connectivity index (χ0) is 14.9. The molecule has 1 unspecified atom stereocenters. The number of benzene rings is 2. The first-order valence-corrected chi connectivity index (χ1v) is 7.79. The smallest absolute Gasteiger partial charge is 0.377 e. The maximum Gasteiger partial charge on any atom is 0.418 e. The van der Waals surface area contributed by atoms with Gasteiger partial charge in [-0.2, -0.15) is 24.9 Å². The Bertz CT molecular complexity index is 639. The molecule has 0 aromatic heterocycles. The number of nitrogens with one attached hydrogen (secondary N) is 1. The van der Waals surface area contributed by atoms with E-state index in [0.29, 0.717) is 0 Å². The van der Waals surface area contributed by atoms with Gasteiger partial charge in [-0.25, -0.2) is 0 Å². The number of fused-ring (bicyclic) bond motifs is 1. The van der Waals surface area contributed by atoms with Gasteiger partial charge >= 0.3 is 6.18 Å². The number of alkyl halides is 3. The van der Waals surface area contributed by atoms with Crippen molar-refractivity contribution in [2.24, 2.45) is 0 Å². The number of anilines is 1. The lowest BCUT2D eigenvalue weighted by atomic mass is 10.0. The highest BCUT2D eigenvalue weighted by molar-refractivity contribution is 7.98. The van der Waals surface area contributed by atoms with Crippen molar-refractivity contribution in [3.63, 3.8) is 0 Å². The van der Waals surface area contributed by atoms with Gasteiger partial charge in [-0.05, 0) is 23.3 Å². The Hall–Kier alpha value is -1.62. The summed E-state index contributed by atoms with van der Waals surface area (Å²) < 4.78 is 39.2. The van der Waals surface area contributed by atoms with Gasteiger partial charge in [-0.3, -0.25) is 0 Å². The van der Waals surface area contributed by atoms with Crippen LogP contribution in [0.3, 0.4) is 0 Å². The first-order chi connectivity index (χ1) is 10.1. The lowest BCUT2D eigenvalue weighted by molar-refractivity contribution is -0.137. The van der Waals surface area contributed by atoms with Gasteiger partial charge in [-0.15, -0.1) is 0 Å². The van der Waals surface area contributed by atoms with Crippen LogP contribution in [0.15, 0.2) is 48.5 Å². The molecule has 1 heterocycles. The van der Waals surface area contributed by atoms with E-state index in [1.54, 1.807) is 17.8 Å². The van der Waals surface area contributed by atoms with Gasteiger partial charge in [0.2, 0.25) is 0 Å². The van der Waals surface area contributed by atoms with Crippen molar-refractivity contribution < 1.29 is 13.2 Å². The first-order valence-electron chi connectivity index (χ1n) is 6.64. The average molecular weight is 309 g/mol. The fourth-order valence-corrected chi connectivity index (χ4v) is 3.64. The molecule has 1 aliphatic rings. The molecule has 1 aliphatic heterocycles. The van der Waals surface area contributed by atoms with E-state index in [1.807, 2.05) is 24.3 Å². The number of hydrogen-bond donors (Lipinski definition) is 1. The van der Waals surface area contributed by atoms with Crippen LogP contribution in [0.25, 0.3) is 0 Å².